The summed E-state index contributed by atoms with van der Waals surface area (Å²) < 4.78 is 121. The van der Waals surface area contributed by atoms with Crippen LogP contribution in [0.25, 0.3) is 0 Å². The molecule has 5 nitrogen and oxygen atoms in total. The van der Waals surface area contributed by atoms with E-state index >= 15 is 0 Å². The molecule has 0 spiro atoms. The molecule has 0 radical (unpaired) electrons. The SMILES string of the molecule is O=S(=O)(CF)NS(=O)(=O)c1c(F)c(F)c(F)c(F)c1F. The zero-order valence-electron chi connectivity index (χ0n) is 8.92. The van der Waals surface area contributed by atoms with E-state index in [-0.39, 0.29) is 0 Å². The topological polar surface area (TPSA) is 80.3 Å². The Balaban J connectivity index is 3.64. The Hall–Kier alpha value is -1.34. The number of hydrogen-bond acceptors (Lipinski definition) is 4. The Morgan fingerprint density at radius 1 is 0.750 bits per heavy atom. The van der Waals surface area contributed by atoms with E-state index in [9.17, 15) is 43.2 Å². The molecule has 114 valence electrons. The lowest BCUT2D eigenvalue weighted by molar-refractivity contribution is 0.357. The van der Waals surface area contributed by atoms with Crippen molar-refractivity contribution in [3.63, 3.8) is 0 Å². The summed E-state index contributed by atoms with van der Waals surface area (Å²) in [6, 6.07) is -2.29. The Bertz CT molecular complexity index is 731. The second kappa shape index (κ2) is 5.21. The highest BCUT2D eigenvalue weighted by molar-refractivity contribution is 8.04. The molecular weight excluding hydrogens is 340 g/mol. The van der Waals surface area contributed by atoms with Crippen LogP contribution in [0.15, 0.2) is 4.90 Å². The van der Waals surface area contributed by atoms with Gasteiger partial charge in [0.15, 0.2) is 28.2 Å². The van der Waals surface area contributed by atoms with Crippen LogP contribution in [0.4, 0.5) is 26.3 Å². The van der Waals surface area contributed by atoms with Crippen molar-refractivity contribution in [2.75, 3.05) is 6.01 Å². The molecule has 20 heavy (non-hydrogen) atoms. The van der Waals surface area contributed by atoms with Crippen LogP contribution in [-0.4, -0.2) is 22.8 Å². The van der Waals surface area contributed by atoms with Gasteiger partial charge in [-0.2, -0.15) is 0 Å². The van der Waals surface area contributed by atoms with Gasteiger partial charge in [-0.05, 0) is 0 Å². The number of halogens is 6. The third-order valence-electron chi connectivity index (χ3n) is 1.82. The molecule has 0 aliphatic heterocycles. The highest BCUT2D eigenvalue weighted by atomic mass is 32.3. The molecule has 0 aromatic heterocycles. The van der Waals surface area contributed by atoms with Gasteiger partial charge in [0.2, 0.25) is 11.8 Å². The molecule has 13 heteroatoms. The van der Waals surface area contributed by atoms with Crippen LogP contribution in [0.1, 0.15) is 0 Å². The molecule has 1 rings (SSSR count). The molecule has 0 saturated heterocycles. The maximum Gasteiger partial charge on any atom is 0.259 e. The van der Waals surface area contributed by atoms with Gasteiger partial charge in [-0.15, -0.1) is 4.13 Å². The average Bonchev–Trinajstić information content (AvgIpc) is 2.32. The number of nitrogens with one attached hydrogen (secondary N) is 1. The predicted molar refractivity (Wildman–Crippen MR) is 51.4 cm³/mol. The van der Waals surface area contributed by atoms with Crippen molar-refractivity contribution in [2.24, 2.45) is 0 Å². The first kappa shape index (κ1) is 16.7. The van der Waals surface area contributed by atoms with E-state index in [1.54, 1.807) is 0 Å². The van der Waals surface area contributed by atoms with E-state index < -0.39 is 60.0 Å². The monoisotopic (exact) mass is 343 g/mol. The molecule has 0 unspecified atom stereocenters. The fraction of sp³-hybridized carbons (Fsp3) is 0.143. The van der Waals surface area contributed by atoms with Gasteiger partial charge in [0.25, 0.3) is 20.0 Å². The first-order valence-electron chi connectivity index (χ1n) is 4.28. The quantitative estimate of drug-likeness (QED) is 0.501. The van der Waals surface area contributed by atoms with E-state index in [2.05, 4.69) is 0 Å². The summed E-state index contributed by atoms with van der Waals surface area (Å²) in [5.41, 5.74) is 0. The lowest BCUT2D eigenvalue weighted by atomic mass is 10.3. The molecule has 1 aromatic rings. The van der Waals surface area contributed by atoms with Gasteiger partial charge in [-0.25, -0.2) is 43.2 Å². The third-order valence-corrected chi connectivity index (χ3v) is 4.90. The number of benzene rings is 1. The molecule has 0 heterocycles. The minimum atomic E-state index is -5.73. The van der Waals surface area contributed by atoms with Crippen LogP contribution in [0.3, 0.4) is 0 Å². The van der Waals surface area contributed by atoms with Gasteiger partial charge in [0.05, 0.1) is 0 Å². The molecule has 0 fully saturated rings. The molecule has 0 atom stereocenters. The summed E-state index contributed by atoms with van der Waals surface area (Å²) in [6.07, 6.45) is 0. The third kappa shape index (κ3) is 2.88. The fourth-order valence-electron chi connectivity index (χ4n) is 1.05. The molecule has 0 aliphatic carbocycles. The fourth-order valence-corrected chi connectivity index (χ4v) is 3.55. The minimum Gasteiger partial charge on any atom is -0.232 e. The van der Waals surface area contributed by atoms with Crippen LogP contribution >= 0.6 is 0 Å². The maximum absolute atomic E-state index is 13.1. The standard InChI is InChI=1S/C7H3F6NO4S2/c8-1-19(15,16)14-20(17,18)7-5(12)3(10)2(9)4(11)6(7)13/h14H,1H2. The Morgan fingerprint density at radius 2 is 1.10 bits per heavy atom. The van der Waals surface area contributed by atoms with Gasteiger partial charge in [-0.3, -0.25) is 0 Å². The van der Waals surface area contributed by atoms with Crippen LogP contribution in [0.5, 0.6) is 0 Å². The lowest BCUT2D eigenvalue weighted by Crippen LogP contribution is -2.33. The molecule has 0 aliphatic rings. The van der Waals surface area contributed by atoms with Gasteiger partial charge in [0, 0.05) is 0 Å². The summed E-state index contributed by atoms with van der Waals surface area (Å²) in [7, 11) is -10.9. The second-order valence-corrected chi connectivity index (χ2v) is 6.74. The summed E-state index contributed by atoms with van der Waals surface area (Å²) in [5, 5.41) is 0. The van der Waals surface area contributed by atoms with E-state index in [0.717, 1.165) is 0 Å². The summed E-state index contributed by atoms with van der Waals surface area (Å²) >= 11 is 0. The summed E-state index contributed by atoms with van der Waals surface area (Å²) in [4.78, 5) is -2.43. The van der Waals surface area contributed by atoms with Crippen molar-refractivity contribution >= 4 is 20.0 Å². The molecule has 1 N–H and O–H groups in total. The number of alkyl halides is 1. The highest BCUT2D eigenvalue weighted by Gasteiger charge is 2.35. The zero-order chi connectivity index (χ0) is 15.9. The number of sulfonamides is 2. The van der Waals surface area contributed by atoms with Crippen molar-refractivity contribution in [2.45, 2.75) is 4.90 Å². The maximum atomic E-state index is 13.1. The van der Waals surface area contributed by atoms with Crippen molar-refractivity contribution < 1.29 is 43.2 Å². The van der Waals surface area contributed by atoms with Crippen molar-refractivity contribution in [1.29, 1.82) is 0 Å². The average molecular weight is 343 g/mol. The second-order valence-electron chi connectivity index (χ2n) is 3.21. The molecule has 1 aromatic carbocycles. The normalized spacial score (nSPS) is 12.7. The van der Waals surface area contributed by atoms with Crippen LogP contribution in [0, 0.1) is 29.1 Å². The first-order valence-corrected chi connectivity index (χ1v) is 7.42. The predicted octanol–water partition coefficient (Wildman–Crippen LogP) is 0.917. The molecule has 0 amide bonds. The summed E-state index contributed by atoms with van der Waals surface area (Å²) in [6.45, 7) is 0. The molecule has 0 saturated carbocycles. The molecule has 0 bridgehead atoms. The van der Waals surface area contributed by atoms with Crippen molar-refractivity contribution in [3.8, 4) is 0 Å². The van der Waals surface area contributed by atoms with E-state index in [4.69, 9.17) is 0 Å². The Morgan fingerprint density at radius 3 is 1.45 bits per heavy atom. The first-order chi connectivity index (χ1) is 8.94. The Labute approximate surface area is 108 Å². The zero-order valence-corrected chi connectivity index (χ0v) is 10.6. The number of hydrogen-bond donors (Lipinski definition) is 1. The highest BCUT2D eigenvalue weighted by Crippen LogP contribution is 2.26. The summed E-state index contributed by atoms with van der Waals surface area (Å²) in [5.74, 6) is -13.4. The number of rotatable bonds is 4. The largest absolute Gasteiger partial charge is 0.259 e. The van der Waals surface area contributed by atoms with Gasteiger partial charge < -0.3 is 0 Å². The van der Waals surface area contributed by atoms with Crippen LogP contribution in [-0.2, 0) is 20.0 Å². The van der Waals surface area contributed by atoms with Crippen molar-refractivity contribution in [1.82, 2.24) is 4.13 Å². The smallest absolute Gasteiger partial charge is 0.232 e. The van der Waals surface area contributed by atoms with Gasteiger partial charge in [-0.1, -0.05) is 0 Å². The van der Waals surface area contributed by atoms with E-state index in [1.165, 1.54) is 0 Å². The minimum absolute atomic E-state index is 0.488. The van der Waals surface area contributed by atoms with Gasteiger partial charge >= 0.3 is 0 Å². The Kier molecular flexibility index (Phi) is 4.36. The van der Waals surface area contributed by atoms with Crippen LogP contribution in [0.2, 0.25) is 0 Å². The van der Waals surface area contributed by atoms with E-state index in [0.29, 0.717) is 4.13 Å². The van der Waals surface area contributed by atoms with Crippen LogP contribution < -0.4 is 4.13 Å². The van der Waals surface area contributed by atoms with Crippen molar-refractivity contribution in [3.05, 3.63) is 29.1 Å². The van der Waals surface area contributed by atoms with Gasteiger partial charge in [0.1, 0.15) is 0 Å². The van der Waals surface area contributed by atoms with E-state index in [1.807, 2.05) is 0 Å². The molecular formula is C7H3F6NO4S2. The lowest BCUT2D eigenvalue weighted by Gasteiger charge is -2.09.